The van der Waals surface area contributed by atoms with E-state index in [1.54, 1.807) is 6.20 Å². The topological polar surface area (TPSA) is 54.4 Å². The molecule has 0 radical (unpaired) electrons. The van der Waals surface area contributed by atoms with Crippen LogP contribution < -0.4 is 10.6 Å². The second-order valence-electron chi connectivity index (χ2n) is 4.29. The molecular weight excluding hydrogens is 202 g/mol. The van der Waals surface area contributed by atoms with Crippen LogP contribution in [0.2, 0.25) is 0 Å². The second kappa shape index (κ2) is 3.33. The third-order valence-electron chi connectivity index (χ3n) is 3.28. The molecule has 0 amide bonds. The van der Waals surface area contributed by atoms with E-state index in [-0.39, 0.29) is 0 Å². The van der Waals surface area contributed by atoms with E-state index in [1.165, 1.54) is 18.5 Å². The normalized spacial score (nSPS) is 16.1. The number of nitrogens with two attached hydrogens (primary N) is 1. The minimum absolute atomic E-state index is 0.616. The molecule has 4 nitrogen and oxygen atoms in total. The monoisotopic (exact) mass is 217 g/mol. The molecule has 1 aromatic carbocycles. The lowest BCUT2D eigenvalue weighted by Gasteiger charge is -2.19. The zero-order chi connectivity index (χ0) is 11.1. The second-order valence-corrected chi connectivity index (χ2v) is 4.29. The fourth-order valence-electron chi connectivity index (χ4n) is 2.49. The molecular formula is C12H15N3O. The summed E-state index contributed by atoms with van der Waals surface area (Å²) in [4.78, 5) is 2.35. The number of hydrogen-bond donors (Lipinski definition) is 2. The number of rotatable bonds is 1. The van der Waals surface area contributed by atoms with Gasteiger partial charge in [-0.05, 0) is 31.0 Å². The molecule has 0 unspecified atom stereocenters. The van der Waals surface area contributed by atoms with Gasteiger partial charge in [0.15, 0.2) is 0 Å². The van der Waals surface area contributed by atoms with Crippen molar-refractivity contribution in [2.45, 2.75) is 12.8 Å². The van der Waals surface area contributed by atoms with Crippen LogP contribution in [0.3, 0.4) is 0 Å². The van der Waals surface area contributed by atoms with Crippen LogP contribution in [-0.4, -0.2) is 23.0 Å². The van der Waals surface area contributed by atoms with Gasteiger partial charge in [0.1, 0.15) is 5.52 Å². The Morgan fingerprint density at radius 3 is 2.62 bits per heavy atom. The van der Waals surface area contributed by atoms with Gasteiger partial charge in [0.25, 0.3) is 0 Å². The van der Waals surface area contributed by atoms with Crippen molar-refractivity contribution in [2.75, 3.05) is 23.7 Å². The van der Waals surface area contributed by atoms with Crippen LogP contribution in [0, 0.1) is 0 Å². The number of anilines is 2. The van der Waals surface area contributed by atoms with Gasteiger partial charge in [0.2, 0.25) is 0 Å². The van der Waals surface area contributed by atoms with Gasteiger partial charge in [0.05, 0.1) is 5.69 Å². The Labute approximate surface area is 93.8 Å². The van der Waals surface area contributed by atoms with Crippen LogP contribution >= 0.6 is 0 Å². The van der Waals surface area contributed by atoms with Gasteiger partial charge >= 0.3 is 0 Å². The summed E-state index contributed by atoms with van der Waals surface area (Å²) in [5.41, 5.74) is 8.37. The number of nitrogen functional groups attached to an aromatic ring is 1. The lowest BCUT2D eigenvalue weighted by Crippen LogP contribution is -2.17. The minimum atomic E-state index is 0.616. The molecule has 1 aromatic heterocycles. The highest BCUT2D eigenvalue weighted by Crippen LogP contribution is 2.32. The van der Waals surface area contributed by atoms with Crippen LogP contribution in [0.1, 0.15) is 12.8 Å². The predicted octanol–water partition coefficient (Wildman–Crippen LogP) is 2.06. The molecule has 0 bridgehead atoms. The molecule has 0 atom stereocenters. The molecule has 1 fully saturated rings. The zero-order valence-electron chi connectivity index (χ0n) is 9.06. The average molecular weight is 217 g/mol. The summed E-state index contributed by atoms with van der Waals surface area (Å²) in [6.45, 7) is 2.19. The van der Waals surface area contributed by atoms with Crippen LogP contribution in [0.25, 0.3) is 10.9 Å². The molecule has 84 valence electrons. The third-order valence-corrected chi connectivity index (χ3v) is 3.28. The van der Waals surface area contributed by atoms with Gasteiger partial charge in [-0.25, -0.2) is 0 Å². The van der Waals surface area contributed by atoms with E-state index in [9.17, 15) is 5.21 Å². The average Bonchev–Trinajstić information content (AvgIpc) is 2.89. The Morgan fingerprint density at radius 1 is 1.12 bits per heavy atom. The summed E-state index contributed by atoms with van der Waals surface area (Å²) in [6, 6.07) is 5.82. The summed E-state index contributed by atoms with van der Waals surface area (Å²) in [6.07, 6.45) is 4.12. The fraction of sp³-hybridized carbons (Fsp3) is 0.333. The summed E-state index contributed by atoms with van der Waals surface area (Å²) in [5, 5.41) is 10.7. The molecule has 16 heavy (non-hydrogen) atoms. The van der Waals surface area contributed by atoms with Crippen molar-refractivity contribution in [1.29, 1.82) is 0 Å². The van der Waals surface area contributed by atoms with E-state index >= 15 is 0 Å². The van der Waals surface area contributed by atoms with E-state index in [4.69, 9.17) is 5.73 Å². The number of aromatic nitrogens is 1. The van der Waals surface area contributed by atoms with Gasteiger partial charge in [-0.2, -0.15) is 4.73 Å². The molecule has 3 rings (SSSR count). The summed E-state index contributed by atoms with van der Waals surface area (Å²) in [7, 11) is 0. The van der Waals surface area contributed by atoms with Gasteiger partial charge < -0.3 is 15.8 Å². The van der Waals surface area contributed by atoms with Crippen molar-refractivity contribution in [2.24, 2.45) is 0 Å². The SMILES string of the molecule is Nc1ccc(N2CCCC2)c2ccn(O)c12. The summed E-state index contributed by atoms with van der Waals surface area (Å²) in [5.74, 6) is 0. The van der Waals surface area contributed by atoms with Crippen molar-refractivity contribution >= 4 is 22.3 Å². The number of nitrogens with zero attached hydrogens (tertiary/aromatic N) is 2. The summed E-state index contributed by atoms with van der Waals surface area (Å²) < 4.78 is 1.10. The van der Waals surface area contributed by atoms with Gasteiger partial charge in [-0.1, -0.05) is 0 Å². The Balaban J connectivity index is 2.21. The Hall–Kier alpha value is -1.84. The van der Waals surface area contributed by atoms with Crippen LogP contribution in [0.15, 0.2) is 24.4 Å². The predicted molar refractivity (Wildman–Crippen MR) is 65.0 cm³/mol. The minimum Gasteiger partial charge on any atom is -0.428 e. The lowest BCUT2D eigenvalue weighted by atomic mass is 10.2. The highest BCUT2D eigenvalue weighted by molar-refractivity contribution is 5.99. The number of benzene rings is 1. The van der Waals surface area contributed by atoms with Crippen molar-refractivity contribution < 1.29 is 5.21 Å². The maximum Gasteiger partial charge on any atom is 0.111 e. The molecule has 4 heteroatoms. The first-order valence-electron chi connectivity index (χ1n) is 5.61. The van der Waals surface area contributed by atoms with Gasteiger partial charge in [-0.15, -0.1) is 0 Å². The van der Waals surface area contributed by atoms with Crippen molar-refractivity contribution in [3.05, 3.63) is 24.4 Å². The molecule has 2 aromatic rings. The highest BCUT2D eigenvalue weighted by Gasteiger charge is 2.17. The van der Waals surface area contributed by atoms with E-state index in [2.05, 4.69) is 4.90 Å². The molecule has 0 saturated carbocycles. The van der Waals surface area contributed by atoms with E-state index in [0.29, 0.717) is 11.2 Å². The smallest absolute Gasteiger partial charge is 0.111 e. The van der Waals surface area contributed by atoms with Crippen molar-refractivity contribution in [1.82, 2.24) is 4.73 Å². The van der Waals surface area contributed by atoms with Crippen LogP contribution in [0.5, 0.6) is 0 Å². The maximum atomic E-state index is 9.68. The molecule has 2 heterocycles. The standard InChI is InChI=1S/C12H15N3O/c13-10-3-4-11(14-6-1-2-7-14)9-5-8-15(16)12(9)10/h3-5,8,16H,1-2,6-7,13H2. The first-order chi connectivity index (χ1) is 7.77. The van der Waals surface area contributed by atoms with E-state index < -0.39 is 0 Å². The largest absolute Gasteiger partial charge is 0.428 e. The van der Waals surface area contributed by atoms with Gasteiger partial charge in [-0.3, -0.25) is 0 Å². The van der Waals surface area contributed by atoms with E-state index in [1.807, 2.05) is 18.2 Å². The first kappa shape index (κ1) is 9.39. The van der Waals surface area contributed by atoms with Crippen molar-refractivity contribution in [3.63, 3.8) is 0 Å². The highest BCUT2D eigenvalue weighted by atomic mass is 16.5. The molecule has 1 aliphatic rings. The maximum absolute atomic E-state index is 9.68. The first-order valence-corrected chi connectivity index (χ1v) is 5.61. The Bertz CT molecular complexity index is 526. The molecule has 3 N–H and O–H groups in total. The van der Waals surface area contributed by atoms with Crippen LogP contribution in [0.4, 0.5) is 11.4 Å². The Kier molecular flexibility index (Phi) is 1.96. The number of hydrogen-bond acceptors (Lipinski definition) is 3. The van der Waals surface area contributed by atoms with Crippen LogP contribution in [-0.2, 0) is 0 Å². The summed E-state index contributed by atoms with van der Waals surface area (Å²) >= 11 is 0. The molecule has 0 aliphatic carbocycles. The molecule has 1 saturated heterocycles. The quantitative estimate of drug-likeness (QED) is 0.568. The lowest BCUT2D eigenvalue weighted by molar-refractivity contribution is 0.200. The van der Waals surface area contributed by atoms with Gasteiger partial charge in [0, 0.05) is 30.4 Å². The Morgan fingerprint density at radius 2 is 1.88 bits per heavy atom. The third kappa shape index (κ3) is 1.23. The fourth-order valence-corrected chi connectivity index (χ4v) is 2.49. The molecule has 0 spiro atoms. The van der Waals surface area contributed by atoms with E-state index in [0.717, 1.165) is 23.2 Å². The van der Waals surface area contributed by atoms with Crippen molar-refractivity contribution in [3.8, 4) is 0 Å². The number of fused-ring (bicyclic) bond motifs is 1. The zero-order valence-corrected chi connectivity index (χ0v) is 9.06. The molecule has 1 aliphatic heterocycles.